The molecule has 1 heterocycles. The van der Waals surface area contributed by atoms with Gasteiger partial charge in [0.05, 0.1) is 17.6 Å². The average molecular weight is 344 g/mol. The number of halogens is 1. The third-order valence-electron chi connectivity index (χ3n) is 3.83. The number of imidazole rings is 1. The molecule has 0 aliphatic heterocycles. The second-order valence-electron chi connectivity index (χ2n) is 5.64. The first-order valence-electron chi connectivity index (χ1n) is 8.07. The van der Waals surface area contributed by atoms with E-state index in [0.29, 0.717) is 18.7 Å². The van der Waals surface area contributed by atoms with Crippen molar-refractivity contribution in [3.8, 4) is 0 Å². The first-order valence-corrected chi connectivity index (χ1v) is 9.05. The van der Waals surface area contributed by atoms with Crippen LogP contribution in [0.4, 0.5) is 4.39 Å². The number of fused-ring (bicyclic) bond motifs is 1. The normalized spacial score (nSPS) is 11.3. The predicted molar refractivity (Wildman–Crippen MR) is 97.0 cm³/mol. The highest BCUT2D eigenvalue weighted by Crippen LogP contribution is 2.26. The van der Waals surface area contributed by atoms with Crippen molar-refractivity contribution in [2.24, 2.45) is 0 Å². The highest BCUT2D eigenvalue weighted by atomic mass is 32.2. The van der Waals surface area contributed by atoms with E-state index in [1.54, 1.807) is 13.2 Å². The Labute approximate surface area is 145 Å². The molecule has 0 aliphatic rings. The zero-order valence-electron chi connectivity index (χ0n) is 14.0. The van der Waals surface area contributed by atoms with Gasteiger partial charge in [0, 0.05) is 17.6 Å². The van der Waals surface area contributed by atoms with Crippen LogP contribution in [0.25, 0.3) is 11.0 Å². The van der Waals surface area contributed by atoms with Crippen molar-refractivity contribution in [2.45, 2.75) is 31.4 Å². The number of rotatable bonds is 7. The van der Waals surface area contributed by atoms with Crippen LogP contribution in [0.2, 0.25) is 0 Å². The number of hydrogen-bond donors (Lipinski definition) is 0. The SMILES string of the molecule is CCCSc1ccc2nc(COC)n(Cc3ccccc3F)c2c1. The first-order chi connectivity index (χ1) is 11.7. The van der Waals surface area contributed by atoms with Crippen molar-refractivity contribution in [3.63, 3.8) is 0 Å². The number of hydrogen-bond acceptors (Lipinski definition) is 3. The zero-order chi connectivity index (χ0) is 16.9. The topological polar surface area (TPSA) is 27.1 Å². The lowest BCUT2D eigenvalue weighted by atomic mass is 10.2. The Hall–Kier alpha value is -1.85. The van der Waals surface area contributed by atoms with E-state index < -0.39 is 0 Å². The summed E-state index contributed by atoms with van der Waals surface area (Å²) in [4.78, 5) is 5.87. The molecule has 3 aromatic rings. The number of aromatic nitrogens is 2. The third-order valence-corrected chi connectivity index (χ3v) is 5.03. The summed E-state index contributed by atoms with van der Waals surface area (Å²) in [6.45, 7) is 3.02. The molecule has 0 amide bonds. The molecule has 0 aliphatic carbocycles. The summed E-state index contributed by atoms with van der Waals surface area (Å²) in [6, 6.07) is 13.1. The minimum absolute atomic E-state index is 0.195. The molecule has 3 nitrogen and oxygen atoms in total. The number of benzene rings is 2. The van der Waals surface area contributed by atoms with Crippen LogP contribution >= 0.6 is 11.8 Å². The van der Waals surface area contributed by atoms with E-state index in [9.17, 15) is 4.39 Å². The molecule has 0 saturated carbocycles. The molecule has 24 heavy (non-hydrogen) atoms. The highest BCUT2D eigenvalue weighted by Gasteiger charge is 2.13. The molecule has 3 rings (SSSR count). The summed E-state index contributed by atoms with van der Waals surface area (Å²) in [5, 5.41) is 0. The molecule has 0 atom stereocenters. The molecular formula is C19H21FN2OS. The first kappa shape index (κ1) is 17.0. The maximum absolute atomic E-state index is 14.1. The second-order valence-corrected chi connectivity index (χ2v) is 6.81. The fourth-order valence-electron chi connectivity index (χ4n) is 2.67. The van der Waals surface area contributed by atoms with Gasteiger partial charge in [-0.05, 0) is 36.4 Å². The fourth-order valence-corrected chi connectivity index (χ4v) is 3.47. The van der Waals surface area contributed by atoms with Crippen LogP contribution in [0.3, 0.4) is 0 Å². The largest absolute Gasteiger partial charge is 0.377 e. The Bertz CT molecular complexity index is 831. The summed E-state index contributed by atoms with van der Waals surface area (Å²) in [7, 11) is 1.65. The van der Waals surface area contributed by atoms with Crippen LogP contribution in [-0.4, -0.2) is 22.4 Å². The van der Waals surface area contributed by atoms with Gasteiger partial charge < -0.3 is 9.30 Å². The summed E-state index contributed by atoms with van der Waals surface area (Å²) in [5.41, 5.74) is 2.59. The molecule has 0 spiro atoms. The molecule has 0 N–H and O–H groups in total. The third kappa shape index (κ3) is 3.62. The van der Waals surface area contributed by atoms with Gasteiger partial charge in [-0.2, -0.15) is 0 Å². The molecule has 126 valence electrons. The van der Waals surface area contributed by atoms with Gasteiger partial charge in [-0.1, -0.05) is 25.1 Å². The quantitative estimate of drug-likeness (QED) is 0.572. The van der Waals surface area contributed by atoms with Crippen molar-refractivity contribution in [2.75, 3.05) is 12.9 Å². The average Bonchev–Trinajstić information content (AvgIpc) is 2.92. The summed E-state index contributed by atoms with van der Waals surface area (Å²) in [6.07, 6.45) is 1.13. The van der Waals surface area contributed by atoms with Crippen LogP contribution in [0, 0.1) is 5.82 Å². The number of ether oxygens (including phenoxy) is 1. The maximum atomic E-state index is 14.1. The lowest BCUT2D eigenvalue weighted by Gasteiger charge is -2.10. The lowest BCUT2D eigenvalue weighted by Crippen LogP contribution is -2.07. The van der Waals surface area contributed by atoms with E-state index in [-0.39, 0.29) is 5.82 Å². The van der Waals surface area contributed by atoms with Gasteiger partial charge in [0.15, 0.2) is 0 Å². The Morgan fingerprint density at radius 3 is 2.79 bits per heavy atom. The zero-order valence-corrected chi connectivity index (χ0v) is 14.8. The monoisotopic (exact) mass is 344 g/mol. The van der Waals surface area contributed by atoms with Gasteiger partial charge in [-0.3, -0.25) is 0 Å². The molecule has 2 aromatic carbocycles. The molecular weight excluding hydrogens is 323 g/mol. The Morgan fingerprint density at radius 2 is 2.04 bits per heavy atom. The number of thioether (sulfide) groups is 1. The highest BCUT2D eigenvalue weighted by molar-refractivity contribution is 7.99. The van der Waals surface area contributed by atoms with E-state index >= 15 is 0 Å². The van der Waals surface area contributed by atoms with Crippen molar-refractivity contribution in [3.05, 3.63) is 59.7 Å². The standard InChI is InChI=1S/C19H21FN2OS/c1-3-10-24-15-8-9-17-18(11-15)22(19(21-17)13-23-2)12-14-6-4-5-7-16(14)20/h4-9,11H,3,10,12-13H2,1-2H3. The molecule has 0 saturated heterocycles. The van der Waals surface area contributed by atoms with Crippen LogP contribution < -0.4 is 0 Å². The minimum atomic E-state index is -0.195. The van der Waals surface area contributed by atoms with Gasteiger partial charge in [0.25, 0.3) is 0 Å². The Kier molecular flexibility index (Phi) is 5.53. The smallest absolute Gasteiger partial charge is 0.136 e. The Morgan fingerprint density at radius 1 is 1.21 bits per heavy atom. The van der Waals surface area contributed by atoms with Gasteiger partial charge in [-0.15, -0.1) is 11.8 Å². The molecule has 0 unspecified atom stereocenters. The maximum Gasteiger partial charge on any atom is 0.136 e. The molecule has 0 radical (unpaired) electrons. The van der Waals surface area contributed by atoms with Gasteiger partial charge in [-0.25, -0.2) is 9.37 Å². The van der Waals surface area contributed by atoms with Gasteiger partial charge >= 0.3 is 0 Å². The molecule has 0 fully saturated rings. The summed E-state index contributed by atoms with van der Waals surface area (Å²) < 4.78 is 21.4. The van der Waals surface area contributed by atoms with Crippen molar-refractivity contribution in [1.29, 1.82) is 0 Å². The lowest BCUT2D eigenvalue weighted by molar-refractivity contribution is 0.175. The fraction of sp³-hybridized carbons (Fsp3) is 0.316. The van der Waals surface area contributed by atoms with Crippen molar-refractivity contribution < 1.29 is 9.13 Å². The van der Waals surface area contributed by atoms with E-state index in [1.165, 1.54) is 11.0 Å². The van der Waals surface area contributed by atoms with E-state index in [4.69, 9.17) is 4.74 Å². The van der Waals surface area contributed by atoms with Crippen LogP contribution in [0.5, 0.6) is 0 Å². The molecule has 0 bridgehead atoms. The van der Waals surface area contributed by atoms with Crippen LogP contribution in [0.15, 0.2) is 47.4 Å². The summed E-state index contributed by atoms with van der Waals surface area (Å²) >= 11 is 1.83. The van der Waals surface area contributed by atoms with Gasteiger partial charge in [0.1, 0.15) is 18.2 Å². The minimum Gasteiger partial charge on any atom is -0.377 e. The Balaban J connectivity index is 2.04. The van der Waals surface area contributed by atoms with E-state index in [1.807, 2.05) is 34.5 Å². The summed E-state index contributed by atoms with van der Waals surface area (Å²) in [5.74, 6) is 1.70. The van der Waals surface area contributed by atoms with Crippen molar-refractivity contribution in [1.82, 2.24) is 9.55 Å². The van der Waals surface area contributed by atoms with Crippen LogP contribution in [-0.2, 0) is 17.9 Å². The van der Waals surface area contributed by atoms with E-state index in [0.717, 1.165) is 29.0 Å². The number of nitrogens with zero attached hydrogens (tertiary/aromatic N) is 2. The molecule has 1 aromatic heterocycles. The second kappa shape index (κ2) is 7.81. The van der Waals surface area contributed by atoms with Gasteiger partial charge in [0.2, 0.25) is 0 Å². The van der Waals surface area contributed by atoms with Crippen LogP contribution in [0.1, 0.15) is 24.7 Å². The van der Waals surface area contributed by atoms with Crippen molar-refractivity contribution >= 4 is 22.8 Å². The predicted octanol–water partition coefficient (Wildman–Crippen LogP) is 4.87. The number of methoxy groups -OCH3 is 1. The van der Waals surface area contributed by atoms with E-state index in [2.05, 4.69) is 24.0 Å². The molecule has 5 heteroatoms.